The summed E-state index contributed by atoms with van der Waals surface area (Å²) in [7, 11) is 4.14. The lowest BCUT2D eigenvalue weighted by molar-refractivity contribution is 0.590. The molecule has 0 heterocycles. The second-order valence-corrected chi connectivity index (χ2v) is 31.6. The van der Waals surface area contributed by atoms with E-state index in [-0.39, 0.29) is 43.0 Å². The van der Waals surface area contributed by atoms with E-state index < -0.39 is 0 Å². The van der Waals surface area contributed by atoms with Crippen molar-refractivity contribution in [1.29, 1.82) is 0 Å². The topological polar surface area (TPSA) is 0 Å². The fourth-order valence-corrected chi connectivity index (χ4v) is 14.3. The van der Waals surface area contributed by atoms with Gasteiger partial charge in [-0.15, -0.1) is 0 Å². The van der Waals surface area contributed by atoms with Crippen molar-refractivity contribution >= 4 is 21.6 Å². The molecule has 2 heteroatoms. The van der Waals surface area contributed by atoms with Gasteiger partial charge in [0.2, 0.25) is 0 Å². The van der Waals surface area contributed by atoms with E-state index in [0.29, 0.717) is 0 Å². The Morgan fingerprint density at radius 3 is 0.562 bits per heavy atom. The average molecular weight is 1100 g/mol. The number of hydrogen-bond donors (Lipinski definition) is 0. The van der Waals surface area contributed by atoms with Gasteiger partial charge < -0.3 is 0 Å². The Kier molecular flexibility index (Phi) is 17.7. The molecule has 0 aliphatic rings. The summed E-state index contributed by atoms with van der Waals surface area (Å²) in [6.45, 7) is 46.3. The van der Waals surface area contributed by atoms with Gasteiger partial charge in [0, 0.05) is 10.5 Å². The van der Waals surface area contributed by atoms with Gasteiger partial charge in [-0.25, -0.2) is 0 Å². The molecule has 0 N–H and O–H groups in total. The molecule has 0 bridgehead atoms. The molecule has 80 heavy (non-hydrogen) atoms. The maximum atomic E-state index is 2.58. The fourth-order valence-electron chi connectivity index (χ4n) is 10.9. The molecular formula is C78H94S2. The SMILES string of the molecule is CC[C@@H](SS[C@H](CC)c1cc(-c2ccc(C(C)(C)C)cc2)c(-c2ccc(C(C)(C)C)cc2)cc1-c1ccc(C(C)(C)C)cc1)c1cc(-c2ccc(C(C)(C)C)cc2)c(-c2ccc(C(C)(C)C)cc2)cc1-c1ccc(C(C)(C)C)cc1. The van der Waals surface area contributed by atoms with Crippen molar-refractivity contribution in [2.45, 2.75) is 194 Å². The standard InChI is InChI=1S/C78H94S2/c1-21-71(69-49-65(53-27-39-59(40-28-53)75(9,10)11)63(51-23-35-57(36-24-51)73(3,4)5)47-67(69)55-31-43-61(44-32-55)77(15,16)17)79-80-72(22-2)70-50-66(54-29-41-60(42-30-54)76(12,13)14)64(52-25-37-58(38-26-52)74(6,7)8)48-68(70)56-33-45-62(46-34-56)78(18,19)20/h23-50,71-72H,21-22H2,1-20H3/t71-,72-/m1/s1. The van der Waals surface area contributed by atoms with Crippen LogP contribution in [0.25, 0.3) is 66.8 Å². The maximum Gasteiger partial charge on any atom is 0.0405 e. The zero-order valence-electron chi connectivity index (χ0n) is 52.6. The third-order valence-electron chi connectivity index (χ3n) is 16.5. The summed E-state index contributed by atoms with van der Waals surface area (Å²) in [5.41, 5.74) is 26.4. The Hall–Kier alpha value is -5.54. The van der Waals surface area contributed by atoms with Gasteiger partial charge >= 0.3 is 0 Å². The Labute approximate surface area is 493 Å². The van der Waals surface area contributed by atoms with Gasteiger partial charge in [0.05, 0.1) is 0 Å². The van der Waals surface area contributed by atoms with Crippen molar-refractivity contribution in [3.05, 3.63) is 214 Å². The molecule has 2 atom stereocenters. The predicted octanol–water partition coefficient (Wildman–Crippen LogP) is 24.5. The lowest BCUT2D eigenvalue weighted by Crippen LogP contribution is -2.11. The summed E-state index contributed by atoms with van der Waals surface area (Å²) in [6.07, 6.45) is 1.97. The molecule has 0 saturated carbocycles. The van der Waals surface area contributed by atoms with E-state index >= 15 is 0 Å². The normalized spacial score (nSPS) is 13.6. The summed E-state index contributed by atoms with van der Waals surface area (Å²) in [4.78, 5) is 0. The highest BCUT2D eigenvalue weighted by Gasteiger charge is 2.28. The highest BCUT2D eigenvalue weighted by Crippen LogP contribution is 2.55. The van der Waals surface area contributed by atoms with Crippen LogP contribution in [0.3, 0.4) is 0 Å². The third kappa shape index (κ3) is 13.8. The van der Waals surface area contributed by atoms with Gasteiger partial charge in [-0.2, -0.15) is 0 Å². The van der Waals surface area contributed by atoms with Crippen LogP contribution in [0.5, 0.6) is 0 Å². The molecule has 0 unspecified atom stereocenters. The molecule has 0 aliphatic heterocycles. The van der Waals surface area contributed by atoms with Crippen LogP contribution in [0.4, 0.5) is 0 Å². The minimum absolute atomic E-state index is 0.0519. The first-order chi connectivity index (χ1) is 37.3. The van der Waals surface area contributed by atoms with Crippen molar-refractivity contribution in [2.24, 2.45) is 0 Å². The van der Waals surface area contributed by atoms with Crippen LogP contribution in [0.15, 0.2) is 170 Å². The Bertz CT molecular complexity index is 3130. The number of benzene rings is 8. The van der Waals surface area contributed by atoms with E-state index in [1.165, 1.54) is 111 Å². The molecule has 0 nitrogen and oxygen atoms in total. The Morgan fingerprint density at radius 1 is 0.237 bits per heavy atom. The summed E-state index contributed by atoms with van der Waals surface area (Å²) in [5.74, 6) is 0. The molecule has 0 fully saturated rings. The van der Waals surface area contributed by atoms with Crippen LogP contribution in [0.2, 0.25) is 0 Å². The lowest BCUT2D eigenvalue weighted by atomic mass is 9.82. The summed E-state index contributed by atoms with van der Waals surface area (Å²) in [6, 6.07) is 66.9. The van der Waals surface area contributed by atoms with E-state index in [0.717, 1.165) is 12.8 Å². The maximum absolute atomic E-state index is 2.58. The number of rotatable bonds is 13. The van der Waals surface area contributed by atoms with E-state index in [1.54, 1.807) is 0 Å². The second kappa shape index (κ2) is 23.4. The van der Waals surface area contributed by atoms with E-state index in [1.807, 2.05) is 0 Å². The zero-order valence-corrected chi connectivity index (χ0v) is 54.2. The van der Waals surface area contributed by atoms with Gasteiger partial charge in [-0.05, 0) is 181 Å². The van der Waals surface area contributed by atoms with Crippen molar-refractivity contribution in [3.63, 3.8) is 0 Å². The molecule has 0 radical (unpaired) electrons. The van der Waals surface area contributed by atoms with E-state index in [9.17, 15) is 0 Å². The molecule has 0 aromatic heterocycles. The quantitative estimate of drug-likeness (QED) is 0.106. The molecule has 0 spiro atoms. The lowest BCUT2D eigenvalue weighted by Gasteiger charge is -2.27. The fraction of sp³-hybridized carbons (Fsp3) is 0.385. The van der Waals surface area contributed by atoms with Crippen LogP contribution in [-0.2, 0) is 32.5 Å². The highest BCUT2D eigenvalue weighted by atomic mass is 33.1. The van der Waals surface area contributed by atoms with Crippen LogP contribution >= 0.6 is 21.6 Å². The van der Waals surface area contributed by atoms with Crippen molar-refractivity contribution in [1.82, 2.24) is 0 Å². The predicted molar refractivity (Wildman–Crippen MR) is 359 cm³/mol. The van der Waals surface area contributed by atoms with Crippen LogP contribution in [0, 0.1) is 0 Å². The molecule has 8 aromatic rings. The van der Waals surface area contributed by atoms with Crippen LogP contribution in [0.1, 0.15) is 206 Å². The van der Waals surface area contributed by atoms with Crippen molar-refractivity contribution in [3.8, 4) is 66.8 Å². The van der Waals surface area contributed by atoms with Gasteiger partial charge in [0.25, 0.3) is 0 Å². The molecular weight excluding hydrogens is 1000 g/mol. The zero-order chi connectivity index (χ0) is 58.3. The van der Waals surface area contributed by atoms with Gasteiger partial charge in [-0.3, -0.25) is 0 Å². The number of hydrogen-bond acceptors (Lipinski definition) is 2. The molecule has 0 amide bonds. The molecule has 8 rings (SSSR count). The first-order valence-corrected chi connectivity index (χ1v) is 32.0. The Morgan fingerprint density at radius 2 is 0.400 bits per heavy atom. The summed E-state index contributed by atoms with van der Waals surface area (Å²) >= 11 is 0. The third-order valence-corrected chi connectivity index (χ3v) is 20.0. The second-order valence-electron chi connectivity index (χ2n) is 28.9. The molecule has 418 valence electrons. The van der Waals surface area contributed by atoms with E-state index in [4.69, 9.17) is 0 Å². The van der Waals surface area contributed by atoms with Crippen LogP contribution < -0.4 is 0 Å². The van der Waals surface area contributed by atoms with Crippen molar-refractivity contribution in [2.75, 3.05) is 0 Å². The minimum atomic E-state index is 0.0519. The van der Waals surface area contributed by atoms with Crippen LogP contribution in [-0.4, -0.2) is 0 Å². The van der Waals surface area contributed by atoms with Gasteiger partial charge in [0.1, 0.15) is 0 Å². The summed E-state index contributed by atoms with van der Waals surface area (Å²) in [5, 5.41) is 0.409. The first-order valence-electron chi connectivity index (χ1n) is 29.7. The molecule has 0 aliphatic carbocycles. The minimum Gasteiger partial charge on any atom is -0.0853 e. The highest BCUT2D eigenvalue weighted by molar-refractivity contribution is 8.76. The monoisotopic (exact) mass is 1090 g/mol. The smallest absolute Gasteiger partial charge is 0.0405 e. The van der Waals surface area contributed by atoms with Gasteiger partial charge in [0.15, 0.2) is 0 Å². The average Bonchev–Trinajstić information content (AvgIpc) is 3.40. The van der Waals surface area contributed by atoms with E-state index in [2.05, 4.69) is 330 Å². The largest absolute Gasteiger partial charge is 0.0853 e. The molecule has 8 aromatic carbocycles. The van der Waals surface area contributed by atoms with Crippen molar-refractivity contribution < 1.29 is 0 Å². The Balaban J connectivity index is 1.32. The molecule has 0 saturated heterocycles. The summed E-state index contributed by atoms with van der Waals surface area (Å²) < 4.78 is 0. The van der Waals surface area contributed by atoms with Gasteiger partial charge in [-0.1, -0.05) is 306 Å². The first kappa shape index (κ1) is 60.6.